The molecule has 11 heteroatoms. The van der Waals surface area contributed by atoms with Gasteiger partial charge in [-0.15, -0.1) is 5.10 Å². The maximum Gasteiger partial charge on any atom is 0.282 e. The first-order valence-corrected chi connectivity index (χ1v) is 9.31. The first kappa shape index (κ1) is 18.8. The number of ether oxygens (including phenoxy) is 2. The van der Waals surface area contributed by atoms with Crippen LogP contribution in [-0.2, 0) is 25.9 Å². The standard InChI is InChI=1S/C15H18F2N4O4S/c1-24-4-2-14-18-15(20-19-14)26(22,23)21-3-5-25-9-13(21)10-6-11(16)8-12(17)7-10/h6-8,13H,2-5,9H2,1H3,(H,18,19,20). The number of aromatic amines is 1. The quantitative estimate of drug-likeness (QED) is 0.794. The molecule has 1 aromatic carbocycles. The van der Waals surface area contributed by atoms with Crippen LogP contribution in [0, 0.1) is 11.6 Å². The van der Waals surface area contributed by atoms with Gasteiger partial charge in [0.25, 0.3) is 15.2 Å². The highest BCUT2D eigenvalue weighted by molar-refractivity contribution is 7.89. The van der Waals surface area contributed by atoms with Crippen molar-refractivity contribution in [2.24, 2.45) is 0 Å². The summed E-state index contributed by atoms with van der Waals surface area (Å²) in [5, 5.41) is 5.93. The molecule has 1 aliphatic rings. The number of morpholine rings is 1. The van der Waals surface area contributed by atoms with E-state index in [1.165, 1.54) is 7.11 Å². The molecule has 0 aliphatic carbocycles. The van der Waals surface area contributed by atoms with Crippen LogP contribution in [0.3, 0.4) is 0 Å². The first-order valence-electron chi connectivity index (χ1n) is 7.87. The minimum absolute atomic E-state index is 0.0209. The number of halogens is 2. The van der Waals surface area contributed by atoms with Crippen LogP contribution >= 0.6 is 0 Å². The van der Waals surface area contributed by atoms with Crippen LogP contribution < -0.4 is 0 Å². The summed E-state index contributed by atoms with van der Waals surface area (Å²) in [6, 6.07) is 2.03. The lowest BCUT2D eigenvalue weighted by atomic mass is 10.1. The molecule has 2 aromatic rings. The molecule has 26 heavy (non-hydrogen) atoms. The summed E-state index contributed by atoms with van der Waals surface area (Å²) in [4.78, 5) is 3.99. The number of nitrogens with zero attached hydrogens (tertiary/aromatic N) is 3. The van der Waals surface area contributed by atoms with Gasteiger partial charge in [0.05, 0.1) is 25.9 Å². The second-order valence-electron chi connectivity index (χ2n) is 5.72. The topological polar surface area (TPSA) is 97.4 Å². The van der Waals surface area contributed by atoms with Gasteiger partial charge in [-0.05, 0) is 17.7 Å². The summed E-state index contributed by atoms with van der Waals surface area (Å²) in [6.07, 6.45) is 0.376. The summed E-state index contributed by atoms with van der Waals surface area (Å²) in [6.45, 7) is 0.516. The number of hydrogen-bond acceptors (Lipinski definition) is 6. The van der Waals surface area contributed by atoms with Crippen molar-refractivity contribution in [2.75, 3.05) is 33.5 Å². The molecule has 1 N–H and O–H groups in total. The molecule has 1 saturated heterocycles. The van der Waals surface area contributed by atoms with E-state index in [2.05, 4.69) is 15.2 Å². The maximum atomic E-state index is 13.6. The lowest BCUT2D eigenvalue weighted by Gasteiger charge is -2.33. The summed E-state index contributed by atoms with van der Waals surface area (Å²) in [5.74, 6) is -1.21. The molecule has 1 aromatic heterocycles. The summed E-state index contributed by atoms with van der Waals surface area (Å²) >= 11 is 0. The Morgan fingerprint density at radius 1 is 1.35 bits per heavy atom. The monoisotopic (exact) mass is 388 g/mol. The number of benzene rings is 1. The van der Waals surface area contributed by atoms with E-state index in [9.17, 15) is 17.2 Å². The highest BCUT2D eigenvalue weighted by Crippen LogP contribution is 2.30. The molecule has 0 bridgehead atoms. The molecule has 1 fully saturated rings. The molecule has 8 nitrogen and oxygen atoms in total. The third kappa shape index (κ3) is 3.90. The Morgan fingerprint density at radius 2 is 2.08 bits per heavy atom. The van der Waals surface area contributed by atoms with E-state index in [0.717, 1.165) is 22.5 Å². The zero-order valence-electron chi connectivity index (χ0n) is 14.0. The Balaban J connectivity index is 1.92. The van der Waals surface area contributed by atoms with Gasteiger partial charge < -0.3 is 9.47 Å². The molecular formula is C15H18F2N4O4S. The Morgan fingerprint density at radius 3 is 2.77 bits per heavy atom. The van der Waals surface area contributed by atoms with E-state index >= 15 is 0 Å². The number of nitrogens with one attached hydrogen (secondary N) is 1. The number of rotatable bonds is 6. The fraction of sp³-hybridized carbons (Fsp3) is 0.467. The summed E-state index contributed by atoms with van der Waals surface area (Å²) in [5.41, 5.74) is 0.168. The van der Waals surface area contributed by atoms with Crippen molar-refractivity contribution in [3.63, 3.8) is 0 Å². The molecule has 0 amide bonds. The first-order chi connectivity index (χ1) is 12.4. The van der Waals surface area contributed by atoms with Crippen molar-refractivity contribution in [3.05, 3.63) is 41.2 Å². The van der Waals surface area contributed by atoms with E-state index in [-0.39, 0.29) is 25.3 Å². The smallest absolute Gasteiger partial charge is 0.282 e. The average Bonchev–Trinajstić information content (AvgIpc) is 3.09. The van der Waals surface area contributed by atoms with E-state index in [4.69, 9.17) is 9.47 Å². The van der Waals surface area contributed by atoms with E-state index in [1.54, 1.807) is 0 Å². The van der Waals surface area contributed by atoms with Crippen LogP contribution in [0.25, 0.3) is 0 Å². The molecule has 1 aliphatic heterocycles. The summed E-state index contributed by atoms with van der Waals surface area (Å²) < 4.78 is 64.3. The predicted octanol–water partition coefficient (Wildman–Crippen LogP) is 1.03. The Labute approximate surface area is 149 Å². The van der Waals surface area contributed by atoms with Gasteiger partial charge in [-0.2, -0.15) is 4.31 Å². The molecule has 1 unspecified atom stereocenters. The van der Waals surface area contributed by atoms with Crippen molar-refractivity contribution < 1.29 is 26.7 Å². The Hall–Kier alpha value is -1.95. The third-order valence-electron chi connectivity index (χ3n) is 3.94. The van der Waals surface area contributed by atoms with Crippen molar-refractivity contribution in [3.8, 4) is 0 Å². The van der Waals surface area contributed by atoms with Crippen molar-refractivity contribution >= 4 is 10.0 Å². The van der Waals surface area contributed by atoms with Gasteiger partial charge in [-0.25, -0.2) is 22.2 Å². The third-order valence-corrected chi connectivity index (χ3v) is 5.64. The molecule has 0 spiro atoms. The Kier molecular flexibility index (Phi) is 5.61. The molecule has 1 atom stereocenters. The van der Waals surface area contributed by atoms with Crippen LogP contribution in [0.1, 0.15) is 17.4 Å². The molecule has 2 heterocycles. The van der Waals surface area contributed by atoms with Crippen LogP contribution in [-0.4, -0.2) is 61.4 Å². The SMILES string of the molecule is COCCc1nc(S(=O)(=O)N2CCOCC2c2cc(F)cc(F)c2)n[nH]1. The predicted molar refractivity (Wildman–Crippen MR) is 85.8 cm³/mol. The highest BCUT2D eigenvalue weighted by atomic mass is 32.2. The largest absolute Gasteiger partial charge is 0.384 e. The van der Waals surface area contributed by atoms with Crippen LogP contribution in [0.5, 0.6) is 0 Å². The lowest BCUT2D eigenvalue weighted by molar-refractivity contribution is 0.0316. The molecule has 0 radical (unpaired) electrons. The van der Waals surface area contributed by atoms with Crippen molar-refractivity contribution in [2.45, 2.75) is 17.6 Å². The zero-order valence-corrected chi connectivity index (χ0v) is 14.8. The van der Waals surface area contributed by atoms with Gasteiger partial charge in [0.1, 0.15) is 17.5 Å². The number of sulfonamides is 1. The number of H-pyrrole nitrogens is 1. The minimum Gasteiger partial charge on any atom is -0.384 e. The Bertz CT molecular complexity index is 854. The highest BCUT2D eigenvalue weighted by Gasteiger charge is 2.37. The zero-order chi connectivity index (χ0) is 18.7. The summed E-state index contributed by atoms with van der Waals surface area (Å²) in [7, 11) is -2.56. The maximum absolute atomic E-state index is 13.6. The molecular weight excluding hydrogens is 370 g/mol. The van der Waals surface area contributed by atoms with Crippen LogP contribution in [0.2, 0.25) is 0 Å². The van der Waals surface area contributed by atoms with Crippen LogP contribution in [0.15, 0.2) is 23.4 Å². The molecule has 3 rings (SSSR count). The second kappa shape index (κ2) is 7.74. The van der Waals surface area contributed by atoms with Crippen molar-refractivity contribution in [1.82, 2.24) is 19.5 Å². The number of aromatic nitrogens is 3. The second-order valence-corrected chi connectivity index (χ2v) is 7.50. The van der Waals surface area contributed by atoms with Gasteiger partial charge >= 0.3 is 0 Å². The fourth-order valence-corrected chi connectivity index (χ4v) is 4.14. The van der Waals surface area contributed by atoms with E-state index in [1.807, 2.05) is 0 Å². The van der Waals surface area contributed by atoms with Gasteiger partial charge in [0.15, 0.2) is 0 Å². The van der Waals surface area contributed by atoms with Gasteiger partial charge in [-0.1, -0.05) is 0 Å². The minimum atomic E-state index is -4.08. The number of hydrogen-bond donors (Lipinski definition) is 1. The van der Waals surface area contributed by atoms with Crippen molar-refractivity contribution in [1.29, 1.82) is 0 Å². The van der Waals surface area contributed by atoms with E-state index in [0.29, 0.717) is 18.9 Å². The molecule has 0 saturated carbocycles. The van der Waals surface area contributed by atoms with Crippen LogP contribution in [0.4, 0.5) is 8.78 Å². The fourth-order valence-electron chi connectivity index (χ4n) is 2.71. The molecule has 142 valence electrons. The average molecular weight is 388 g/mol. The van der Waals surface area contributed by atoms with E-state index < -0.39 is 32.9 Å². The number of methoxy groups -OCH3 is 1. The normalized spacial score (nSPS) is 19.0. The van der Waals surface area contributed by atoms with Gasteiger partial charge in [-0.3, -0.25) is 5.10 Å². The lowest BCUT2D eigenvalue weighted by Crippen LogP contribution is -2.43. The van der Waals surface area contributed by atoms with Gasteiger partial charge in [0.2, 0.25) is 0 Å². The van der Waals surface area contributed by atoms with Gasteiger partial charge in [0, 0.05) is 26.1 Å².